The molecule has 104 valence electrons. The Balaban J connectivity index is 2.19. The molecule has 0 fully saturated rings. The van der Waals surface area contributed by atoms with Gasteiger partial charge in [-0.1, -0.05) is 37.3 Å². The van der Waals surface area contributed by atoms with E-state index in [0.29, 0.717) is 6.42 Å². The zero-order chi connectivity index (χ0) is 14.1. The normalized spacial score (nSPS) is 11.7. The van der Waals surface area contributed by atoms with Gasteiger partial charge >= 0.3 is 6.09 Å². The summed E-state index contributed by atoms with van der Waals surface area (Å²) in [7, 11) is 0. The first-order chi connectivity index (χ1) is 9.11. The summed E-state index contributed by atoms with van der Waals surface area (Å²) < 4.78 is 4.96. The summed E-state index contributed by atoms with van der Waals surface area (Å²) in [5.74, 6) is -0.0352. The lowest BCUT2D eigenvalue weighted by Crippen LogP contribution is -2.33. The molecule has 2 N–H and O–H groups in total. The van der Waals surface area contributed by atoms with Crippen LogP contribution in [0.4, 0.5) is 4.79 Å². The fraction of sp³-hybridized carbons (Fsp3) is 0.429. The Morgan fingerprint density at radius 3 is 2.63 bits per heavy atom. The molecule has 0 heterocycles. The standard InChI is InChI=1S/C14H19NO4/c1-2-12(16)8-13(17)9-15-14(18)19-10-11-6-4-3-5-7-11/h3-7,13,17H,2,8-10H2,1H3,(H,15,18). The van der Waals surface area contributed by atoms with E-state index in [0.717, 1.165) is 5.56 Å². The molecule has 5 nitrogen and oxygen atoms in total. The second kappa shape index (κ2) is 8.26. The van der Waals surface area contributed by atoms with Gasteiger partial charge in [-0.15, -0.1) is 0 Å². The molecule has 19 heavy (non-hydrogen) atoms. The van der Waals surface area contributed by atoms with Crippen LogP contribution in [0, 0.1) is 0 Å². The van der Waals surface area contributed by atoms with Crippen LogP contribution in [0.25, 0.3) is 0 Å². The third-order valence-electron chi connectivity index (χ3n) is 2.55. The summed E-state index contributed by atoms with van der Waals surface area (Å²) in [6.07, 6.45) is -1.03. The van der Waals surface area contributed by atoms with Crippen molar-refractivity contribution >= 4 is 11.9 Å². The number of rotatable bonds is 7. The number of alkyl carbamates (subject to hydrolysis) is 1. The van der Waals surface area contributed by atoms with Crippen LogP contribution in [0.2, 0.25) is 0 Å². The monoisotopic (exact) mass is 265 g/mol. The highest BCUT2D eigenvalue weighted by atomic mass is 16.5. The highest BCUT2D eigenvalue weighted by molar-refractivity contribution is 5.78. The van der Waals surface area contributed by atoms with E-state index in [-0.39, 0.29) is 25.4 Å². The van der Waals surface area contributed by atoms with Gasteiger partial charge in [-0.05, 0) is 5.56 Å². The first-order valence-corrected chi connectivity index (χ1v) is 6.26. The van der Waals surface area contributed by atoms with Crippen molar-refractivity contribution in [2.75, 3.05) is 6.54 Å². The molecule has 0 saturated heterocycles. The molecule has 1 aromatic carbocycles. The number of carbonyl (C=O) groups is 2. The molecule has 1 aromatic rings. The minimum Gasteiger partial charge on any atom is -0.445 e. The Bertz CT molecular complexity index is 405. The number of hydrogen-bond donors (Lipinski definition) is 2. The second-order valence-electron chi connectivity index (χ2n) is 4.19. The number of amides is 1. The molecule has 5 heteroatoms. The molecule has 0 aliphatic rings. The van der Waals surface area contributed by atoms with Crippen LogP contribution in [-0.2, 0) is 16.1 Å². The van der Waals surface area contributed by atoms with Crippen molar-refractivity contribution in [2.45, 2.75) is 32.5 Å². The van der Waals surface area contributed by atoms with Crippen LogP contribution in [-0.4, -0.2) is 29.6 Å². The van der Waals surface area contributed by atoms with Gasteiger partial charge in [0.1, 0.15) is 12.4 Å². The number of nitrogens with one attached hydrogen (secondary N) is 1. The van der Waals surface area contributed by atoms with E-state index in [1.54, 1.807) is 6.92 Å². The van der Waals surface area contributed by atoms with E-state index in [1.165, 1.54) is 0 Å². The first kappa shape index (κ1) is 15.2. The maximum absolute atomic E-state index is 11.3. The number of ketones is 1. The third kappa shape index (κ3) is 6.57. The van der Waals surface area contributed by atoms with Crippen LogP contribution >= 0.6 is 0 Å². The van der Waals surface area contributed by atoms with Gasteiger partial charge in [-0.25, -0.2) is 4.79 Å². The highest BCUT2D eigenvalue weighted by Crippen LogP contribution is 2.00. The van der Waals surface area contributed by atoms with Gasteiger partial charge in [0, 0.05) is 19.4 Å². The molecule has 0 aromatic heterocycles. The summed E-state index contributed by atoms with van der Waals surface area (Å²) in [6, 6.07) is 9.29. The zero-order valence-corrected chi connectivity index (χ0v) is 11.0. The smallest absolute Gasteiger partial charge is 0.407 e. The van der Waals surface area contributed by atoms with Gasteiger partial charge in [0.15, 0.2) is 0 Å². The van der Waals surface area contributed by atoms with Gasteiger partial charge in [0.25, 0.3) is 0 Å². The third-order valence-corrected chi connectivity index (χ3v) is 2.55. The van der Waals surface area contributed by atoms with E-state index >= 15 is 0 Å². The van der Waals surface area contributed by atoms with Gasteiger partial charge < -0.3 is 15.2 Å². The molecular formula is C14H19NO4. The molecule has 1 amide bonds. The minimum absolute atomic E-state index is 0.0133. The molecule has 0 aliphatic heterocycles. The largest absolute Gasteiger partial charge is 0.445 e. The molecule has 0 saturated carbocycles. The van der Waals surface area contributed by atoms with Crippen LogP contribution in [0.5, 0.6) is 0 Å². The number of aliphatic hydroxyl groups is 1. The number of carbonyl (C=O) groups excluding carboxylic acids is 2. The number of aliphatic hydroxyl groups excluding tert-OH is 1. The maximum atomic E-state index is 11.3. The number of ether oxygens (including phenoxy) is 1. The maximum Gasteiger partial charge on any atom is 0.407 e. The fourth-order valence-electron chi connectivity index (χ4n) is 1.45. The Morgan fingerprint density at radius 2 is 2.00 bits per heavy atom. The highest BCUT2D eigenvalue weighted by Gasteiger charge is 2.11. The van der Waals surface area contributed by atoms with Gasteiger partial charge in [0.2, 0.25) is 0 Å². The van der Waals surface area contributed by atoms with Crippen molar-refractivity contribution in [3.05, 3.63) is 35.9 Å². The van der Waals surface area contributed by atoms with E-state index in [2.05, 4.69) is 5.32 Å². The summed E-state index contributed by atoms with van der Waals surface area (Å²) in [5, 5.41) is 11.9. The molecule has 1 rings (SSSR count). The summed E-state index contributed by atoms with van der Waals surface area (Å²) in [5.41, 5.74) is 0.888. The SMILES string of the molecule is CCC(=O)CC(O)CNC(=O)OCc1ccccc1. The average Bonchev–Trinajstić information content (AvgIpc) is 2.43. The Labute approximate surface area is 112 Å². The number of Topliss-reactive ketones (excluding diaryl/α,β-unsaturated/α-hetero) is 1. The van der Waals surface area contributed by atoms with Crippen molar-refractivity contribution in [3.63, 3.8) is 0 Å². The average molecular weight is 265 g/mol. The van der Waals surface area contributed by atoms with Crippen molar-refractivity contribution in [1.82, 2.24) is 5.32 Å². The van der Waals surface area contributed by atoms with Crippen molar-refractivity contribution in [3.8, 4) is 0 Å². The van der Waals surface area contributed by atoms with Crippen LogP contribution in [0.3, 0.4) is 0 Å². The van der Waals surface area contributed by atoms with E-state index in [1.807, 2.05) is 30.3 Å². The van der Waals surface area contributed by atoms with Crippen LogP contribution in [0.1, 0.15) is 25.3 Å². The lowest BCUT2D eigenvalue weighted by atomic mass is 10.1. The quantitative estimate of drug-likeness (QED) is 0.786. The first-order valence-electron chi connectivity index (χ1n) is 6.26. The summed E-state index contributed by atoms with van der Waals surface area (Å²) >= 11 is 0. The molecule has 0 bridgehead atoms. The second-order valence-corrected chi connectivity index (χ2v) is 4.19. The lowest BCUT2D eigenvalue weighted by molar-refractivity contribution is -0.120. The summed E-state index contributed by atoms with van der Waals surface area (Å²) in [6.45, 7) is 1.92. The molecule has 0 aliphatic carbocycles. The number of hydrogen-bond acceptors (Lipinski definition) is 4. The summed E-state index contributed by atoms with van der Waals surface area (Å²) in [4.78, 5) is 22.4. The van der Waals surface area contributed by atoms with Gasteiger partial charge in [-0.2, -0.15) is 0 Å². The molecule has 1 unspecified atom stereocenters. The van der Waals surface area contributed by atoms with E-state index < -0.39 is 12.2 Å². The predicted octanol–water partition coefficient (Wildman–Crippen LogP) is 1.64. The molecular weight excluding hydrogens is 246 g/mol. The van der Waals surface area contributed by atoms with Crippen molar-refractivity contribution < 1.29 is 19.4 Å². The Hall–Kier alpha value is -1.88. The van der Waals surface area contributed by atoms with Gasteiger partial charge in [0.05, 0.1) is 6.10 Å². The predicted molar refractivity (Wildman–Crippen MR) is 70.6 cm³/mol. The van der Waals surface area contributed by atoms with E-state index in [4.69, 9.17) is 4.74 Å². The van der Waals surface area contributed by atoms with Crippen molar-refractivity contribution in [2.24, 2.45) is 0 Å². The molecule has 0 spiro atoms. The Kier molecular flexibility index (Phi) is 6.60. The van der Waals surface area contributed by atoms with E-state index in [9.17, 15) is 14.7 Å². The lowest BCUT2D eigenvalue weighted by Gasteiger charge is -2.11. The van der Waals surface area contributed by atoms with Crippen LogP contribution < -0.4 is 5.32 Å². The topological polar surface area (TPSA) is 75.6 Å². The van der Waals surface area contributed by atoms with Gasteiger partial charge in [-0.3, -0.25) is 4.79 Å². The Morgan fingerprint density at radius 1 is 1.32 bits per heavy atom. The minimum atomic E-state index is -0.864. The molecule has 0 radical (unpaired) electrons. The van der Waals surface area contributed by atoms with Crippen molar-refractivity contribution in [1.29, 1.82) is 0 Å². The number of benzene rings is 1. The van der Waals surface area contributed by atoms with Crippen LogP contribution in [0.15, 0.2) is 30.3 Å². The fourth-order valence-corrected chi connectivity index (χ4v) is 1.45. The molecule has 1 atom stereocenters. The zero-order valence-electron chi connectivity index (χ0n) is 11.0.